The molecule has 11 heavy (non-hydrogen) atoms. The van der Waals surface area contributed by atoms with E-state index in [9.17, 15) is 0 Å². The molecule has 0 aliphatic heterocycles. The monoisotopic (exact) mass is 153 g/mol. The number of hydrogen-bond acceptors (Lipinski definition) is 1. The van der Waals surface area contributed by atoms with E-state index < -0.39 is 0 Å². The summed E-state index contributed by atoms with van der Waals surface area (Å²) in [4.78, 5) is 0. The highest BCUT2D eigenvalue weighted by Crippen LogP contribution is 2.58. The van der Waals surface area contributed by atoms with Crippen molar-refractivity contribution in [2.45, 2.75) is 27.2 Å². The van der Waals surface area contributed by atoms with E-state index in [0.717, 1.165) is 24.8 Å². The number of nitrogens with two attached hydrogens (primary N) is 1. The van der Waals surface area contributed by atoms with Gasteiger partial charge in [0, 0.05) is 0 Å². The topological polar surface area (TPSA) is 26.0 Å². The van der Waals surface area contributed by atoms with Crippen molar-refractivity contribution < 1.29 is 0 Å². The van der Waals surface area contributed by atoms with Crippen LogP contribution in [-0.2, 0) is 0 Å². The molecule has 2 N–H and O–H groups in total. The van der Waals surface area contributed by atoms with E-state index in [1.54, 1.807) is 0 Å². The quantitative estimate of drug-likeness (QED) is 0.618. The van der Waals surface area contributed by atoms with E-state index >= 15 is 0 Å². The lowest BCUT2D eigenvalue weighted by Crippen LogP contribution is -2.05. The predicted octanol–water partition coefficient (Wildman–Crippen LogP) is 2.18. The normalized spacial score (nSPS) is 34.5. The van der Waals surface area contributed by atoms with Crippen molar-refractivity contribution in [2.75, 3.05) is 6.54 Å². The molecule has 0 aromatic heterocycles. The average molecular weight is 153 g/mol. The summed E-state index contributed by atoms with van der Waals surface area (Å²) in [6.45, 7) is 7.61. The van der Waals surface area contributed by atoms with Crippen LogP contribution in [0.25, 0.3) is 0 Å². The minimum atomic E-state index is 0.473. The van der Waals surface area contributed by atoms with Crippen molar-refractivity contribution in [1.29, 1.82) is 0 Å². The fraction of sp³-hybridized carbons (Fsp3) is 0.800. The summed E-state index contributed by atoms with van der Waals surface area (Å²) in [6.07, 6.45) is 5.73. The third-order valence-electron chi connectivity index (χ3n) is 2.97. The Hall–Kier alpha value is -0.300. The molecule has 1 saturated carbocycles. The Kier molecular flexibility index (Phi) is 2.38. The van der Waals surface area contributed by atoms with Crippen LogP contribution in [0.1, 0.15) is 27.2 Å². The molecule has 0 heterocycles. The Morgan fingerprint density at radius 3 is 2.45 bits per heavy atom. The molecule has 1 aliphatic rings. The maximum Gasteiger partial charge on any atom is -0.00377 e. The minimum absolute atomic E-state index is 0.473. The molecule has 2 atom stereocenters. The third-order valence-corrected chi connectivity index (χ3v) is 2.97. The van der Waals surface area contributed by atoms with Gasteiger partial charge in [0.2, 0.25) is 0 Å². The summed E-state index contributed by atoms with van der Waals surface area (Å²) in [5, 5.41) is 0. The first kappa shape index (κ1) is 8.79. The largest absolute Gasteiger partial charge is 0.330 e. The molecular formula is C10H19N. The fourth-order valence-electron chi connectivity index (χ4n) is 1.90. The van der Waals surface area contributed by atoms with Gasteiger partial charge in [0.15, 0.2) is 0 Å². The third kappa shape index (κ3) is 1.48. The van der Waals surface area contributed by atoms with Gasteiger partial charge < -0.3 is 5.73 Å². The van der Waals surface area contributed by atoms with Gasteiger partial charge in [-0.25, -0.2) is 0 Å². The van der Waals surface area contributed by atoms with Crippen LogP contribution in [0.2, 0.25) is 0 Å². The Morgan fingerprint density at radius 2 is 2.09 bits per heavy atom. The van der Waals surface area contributed by atoms with Gasteiger partial charge in [-0.1, -0.05) is 32.9 Å². The molecule has 0 bridgehead atoms. The average Bonchev–Trinajstić information content (AvgIpc) is 2.48. The van der Waals surface area contributed by atoms with E-state index in [0.29, 0.717) is 5.41 Å². The van der Waals surface area contributed by atoms with Crippen LogP contribution in [-0.4, -0.2) is 6.54 Å². The predicted molar refractivity (Wildman–Crippen MR) is 49.2 cm³/mol. The zero-order valence-corrected chi connectivity index (χ0v) is 7.80. The Morgan fingerprint density at radius 1 is 1.45 bits per heavy atom. The van der Waals surface area contributed by atoms with Gasteiger partial charge in [-0.15, -0.1) is 0 Å². The SMILES string of the molecule is CC/C=C/C1C(CN)C1(C)C. The lowest BCUT2D eigenvalue weighted by atomic mass is 10.1. The van der Waals surface area contributed by atoms with Gasteiger partial charge >= 0.3 is 0 Å². The second kappa shape index (κ2) is 2.98. The summed E-state index contributed by atoms with van der Waals surface area (Å²) in [6, 6.07) is 0. The highest BCUT2D eigenvalue weighted by molar-refractivity contribution is 5.14. The molecule has 0 spiro atoms. The van der Waals surface area contributed by atoms with Gasteiger partial charge in [0.1, 0.15) is 0 Å². The summed E-state index contributed by atoms with van der Waals surface area (Å²) in [5.41, 5.74) is 6.11. The standard InChI is InChI=1S/C10H19N/c1-4-5-6-8-9(7-11)10(8,2)3/h5-6,8-9H,4,7,11H2,1-3H3/b6-5+. The van der Waals surface area contributed by atoms with Gasteiger partial charge in [-0.3, -0.25) is 0 Å². The second-order valence-corrected chi connectivity index (χ2v) is 4.03. The summed E-state index contributed by atoms with van der Waals surface area (Å²) in [7, 11) is 0. The first-order valence-corrected chi connectivity index (χ1v) is 4.51. The number of allylic oxidation sites excluding steroid dienone is 2. The molecule has 1 nitrogen and oxygen atoms in total. The fourth-order valence-corrected chi connectivity index (χ4v) is 1.90. The molecule has 1 heteroatoms. The Bertz CT molecular complexity index is 158. The van der Waals surface area contributed by atoms with Gasteiger partial charge in [0.25, 0.3) is 0 Å². The van der Waals surface area contributed by atoms with Crippen molar-refractivity contribution in [2.24, 2.45) is 23.0 Å². The molecule has 64 valence electrons. The lowest BCUT2D eigenvalue weighted by molar-refractivity contribution is 0.555. The van der Waals surface area contributed by atoms with E-state index in [4.69, 9.17) is 5.73 Å². The summed E-state index contributed by atoms with van der Waals surface area (Å²) < 4.78 is 0. The molecule has 2 unspecified atom stereocenters. The zero-order valence-electron chi connectivity index (χ0n) is 7.80. The molecule has 0 radical (unpaired) electrons. The zero-order chi connectivity index (χ0) is 8.48. The Balaban J connectivity index is 2.45. The van der Waals surface area contributed by atoms with Gasteiger partial charge in [-0.05, 0) is 30.2 Å². The van der Waals surface area contributed by atoms with Crippen molar-refractivity contribution in [3.63, 3.8) is 0 Å². The first-order valence-electron chi connectivity index (χ1n) is 4.51. The minimum Gasteiger partial charge on any atom is -0.330 e. The maximum absolute atomic E-state index is 5.64. The second-order valence-electron chi connectivity index (χ2n) is 4.03. The van der Waals surface area contributed by atoms with Crippen molar-refractivity contribution in [1.82, 2.24) is 0 Å². The molecular weight excluding hydrogens is 134 g/mol. The van der Waals surface area contributed by atoms with E-state index in [2.05, 4.69) is 32.9 Å². The first-order chi connectivity index (χ1) is 5.14. The van der Waals surface area contributed by atoms with Gasteiger partial charge in [-0.2, -0.15) is 0 Å². The highest BCUT2D eigenvalue weighted by Gasteiger charge is 2.54. The molecule has 1 aliphatic carbocycles. The molecule has 1 rings (SSSR count). The van der Waals surface area contributed by atoms with Crippen LogP contribution in [0, 0.1) is 17.3 Å². The number of rotatable bonds is 3. The summed E-state index contributed by atoms with van der Waals surface area (Å²) in [5.74, 6) is 1.47. The van der Waals surface area contributed by atoms with Crippen LogP contribution >= 0.6 is 0 Å². The maximum atomic E-state index is 5.64. The molecule has 0 aromatic rings. The smallest absolute Gasteiger partial charge is 0.00377 e. The Labute approximate surface area is 69.7 Å². The van der Waals surface area contributed by atoms with Crippen molar-refractivity contribution in [3.8, 4) is 0 Å². The summed E-state index contributed by atoms with van der Waals surface area (Å²) >= 11 is 0. The highest BCUT2D eigenvalue weighted by atomic mass is 14.7. The van der Waals surface area contributed by atoms with Crippen LogP contribution in [0.15, 0.2) is 12.2 Å². The van der Waals surface area contributed by atoms with E-state index in [1.165, 1.54) is 0 Å². The molecule has 1 fully saturated rings. The molecule has 0 aromatic carbocycles. The van der Waals surface area contributed by atoms with Crippen LogP contribution < -0.4 is 5.73 Å². The van der Waals surface area contributed by atoms with Crippen molar-refractivity contribution >= 4 is 0 Å². The van der Waals surface area contributed by atoms with E-state index in [-0.39, 0.29) is 0 Å². The van der Waals surface area contributed by atoms with Crippen molar-refractivity contribution in [3.05, 3.63) is 12.2 Å². The van der Waals surface area contributed by atoms with Crippen LogP contribution in [0.4, 0.5) is 0 Å². The van der Waals surface area contributed by atoms with Crippen LogP contribution in [0.5, 0.6) is 0 Å². The number of hydrogen-bond donors (Lipinski definition) is 1. The van der Waals surface area contributed by atoms with Crippen LogP contribution in [0.3, 0.4) is 0 Å². The molecule has 0 amide bonds. The van der Waals surface area contributed by atoms with Gasteiger partial charge in [0.05, 0.1) is 0 Å². The van der Waals surface area contributed by atoms with E-state index in [1.807, 2.05) is 0 Å². The lowest BCUT2D eigenvalue weighted by Gasteiger charge is -1.97. The molecule has 0 saturated heterocycles.